The Labute approximate surface area is 113 Å². The quantitative estimate of drug-likeness (QED) is 0.907. The first kappa shape index (κ1) is 12.9. The molecule has 1 aromatic rings. The van der Waals surface area contributed by atoms with Crippen LogP contribution in [0.2, 0.25) is 0 Å². The number of rotatable bonds is 4. The Morgan fingerprint density at radius 3 is 2.95 bits per heavy atom. The summed E-state index contributed by atoms with van der Waals surface area (Å²) >= 11 is 0. The van der Waals surface area contributed by atoms with E-state index >= 15 is 0 Å². The van der Waals surface area contributed by atoms with E-state index in [-0.39, 0.29) is 11.9 Å². The maximum atomic E-state index is 13.2. The zero-order valence-electron chi connectivity index (χ0n) is 11.2. The van der Waals surface area contributed by atoms with Gasteiger partial charge < -0.3 is 9.84 Å². The molecule has 1 aromatic carbocycles. The zero-order valence-corrected chi connectivity index (χ0v) is 11.2. The van der Waals surface area contributed by atoms with Crippen LogP contribution in [0.1, 0.15) is 31.2 Å². The number of halogens is 1. The molecule has 1 atom stereocenters. The number of methoxy groups -OCH3 is 1. The Bertz CT molecular complexity index is 473. The van der Waals surface area contributed by atoms with E-state index < -0.39 is 5.60 Å². The van der Waals surface area contributed by atoms with Gasteiger partial charge in [-0.15, -0.1) is 0 Å². The number of aliphatic hydroxyl groups is 1. The van der Waals surface area contributed by atoms with E-state index in [1.807, 2.05) is 0 Å². The van der Waals surface area contributed by atoms with Gasteiger partial charge in [0.2, 0.25) is 0 Å². The Balaban J connectivity index is 1.77. The summed E-state index contributed by atoms with van der Waals surface area (Å²) in [7, 11) is 1.56. The normalized spacial score (nSPS) is 25.5. The third-order valence-electron chi connectivity index (χ3n) is 4.37. The van der Waals surface area contributed by atoms with Gasteiger partial charge in [-0.2, -0.15) is 0 Å². The van der Waals surface area contributed by atoms with E-state index in [9.17, 15) is 9.50 Å². The van der Waals surface area contributed by atoms with Crippen molar-refractivity contribution in [2.24, 2.45) is 0 Å². The largest absolute Gasteiger partial charge is 0.496 e. The molecule has 2 aliphatic rings. The fourth-order valence-corrected chi connectivity index (χ4v) is 3.15. The predicted molar refractivity (Wildman–Crippen MR) is 70.6 cm³/mol. The van der Waals surface area contributed by atoms with Gasteiger partial charge in [-0.25, -0.2) is 4.39 Å². The van der Waals surface area contributed by atoms with Crippen LogP contribution in [-0.4, -0.2) is 35.3 Å². The molecule has 1 aliphatic heterocycles. The van der Waals surface area contributed by atoms with Gasteiger partial charge in [0.1, 0.15) is 11.6 Å². The third-order valence-corrected chi connectivity index (χ3v) is 4.37. The fourth-order valence-electron chi connectivity index (χ4n) is 3.15. The number of ether oxygens (including phenoxy) is 1. The highest BCUT2D eigenvalue weighted by atomic mass is 19.1. The van der Waals surface area contributed by atoms with Crippen LogP contribution >= 0.6 is 0 Å². The second-order valence-electron chi connectivity index (χ2n) is 5.69. The minimum absolute atomic E-state index is 0.252. The minimum Gasteiger partial charge on any atom is -0.496 e. The van der Waals surface area contributed by atoms with Crippen molar-refractivity contribution in [3.8, 4) is 5.75 Å². The Morgan fingerprint density at radius 2 is 2.26 bits per heavy atom. The molecule has 0 bridgehead atoms. The van der Waals surface area contributed by atoms with Gasteiger partial charge in [-0.1, -0.05) is 6.07 Å². The lowest BCUT2D eigenvalue weighted by Gasteiger charge is -2.29. The molecule has 0 aromatic heterocycles. The molecule has 19 heavy (non-hydrogen) atoms. The van der Waals surface area contributed by atoms with E-state index in [0.29, 0.717) is 5.75 Å². The smallest absolute Gasteiger partial charge is 0.126 e. The summed E-state index contributed by atoms with van der Waals surface area (Å²) in [6.45, 7) is 1.71. The van der Waals surface area contributed by atoms with Crippen molar-refractivity contribution in [1.29, 1.82) is 0 Å². The molecule has 1 unspecified atom stereocenters. The van der Waals surface area contributed by atoms with Gasteiger partial charge >= 0.3 is 0 Å². The molecule has 0 spiro atoms. The minimum atomic E-state index is -0.468. The van der Waals surface area contributed by atoms with Crippen molar-refractivity contribution in [2.75, 3.05) is 13.7 Å². The van der Waals surface area contributed by atoms with Crippen molar-refractivity contribution in [3.05, 3.63) is 29.6 Å². The van der Waals surface area contributed by atoms with E-state index in [4.69, 9.17) is 4.74 Å². The van der Waals surface area contributed by atoms with Crippen LogP contribution in [0, 0.1) is 5.82 Å². The summed E-state index contributed by atoms with van der Waals surface area (Å²) in [5.41, 5.74) is 0.518. The first-order chi connectivity index (χ1) is 9.12. The average Bonchev–Trinajstić information content (AvgIpc) is 2.97. The molecule has 1 saturated heterocycles. The molecule has 0 amide bonds. The Kier molecular flexibility index (Phi) is 3.23. The van der Waals surface area contributed by atoms with Gasteiger partial charge in [0.15, 0.2) is 0 Å². The van der Waals surface area contributed by atoms with Crippen molar-refractivity contribution in [1.82, 2.24) is 4.90 Å². The van der Waals surface area contributed by atoms with Gasteiger partial charge in [-0.05, 0) is 38.3 Å². The lowest BCUT2D eigenvalue weighted by Crippen LogP contribution is -2.40. The van der Waals surface area contributed by atoms with Gasteiger partial charge in [0.05, 0.1) is 12.7 Å². The summed E-state index contributed by atoms with van der Waals surface area (Å²) in [4.78, 5) is 2.31. The molecule has 4 heteroatoms. The van der Waals surface area contributed by atoms with Gasteiger partial charge in [0, 0.05) is 24.2 Å². The average molecular weight is 265 g/mol. The SMILES string of the molecule is COc1cc(F)ccc1CN1CCCC1C1(O)CC1. The van der Waals surface area contributed by atoms with E-state index in [0.717, 1.165) is 44.3 Å². The molecule has 3 nitrogen and oxygen atoms in total. The second-order valence-corrected chi connectivity index (χ2v) is 5.69. The molecule has 1 heterocycles. The summed E-state index contributed by atoms with van der Waals surface area (Å²) in [6.07, 6.45) is 4.00. The van der Waals surface area contributed by atoms with Crippen molar-refractivity contribution in [2.45, 2.75) is 43.9 Å². The molecule has 1 saturated carbocycles. The van der Waals surface area contributed by atoms with Crippen molar-refractivity contribution in [3.63, 3.8) is 0 Å². The van der Waals surface area contributed by atoms with Crippen LogP contribution in [-0.2, 0) is 6.54 Å². The highest BCUT2D eigenvalue weighted by Crippen LogP contribution is 2.45. The Hall–Kier alpha value is -1.13. The fraction of sp³-hybridized carbons (Fsp3) is 0.600. The summed E-state index contributed by atoms with van der Waals surface area (Å²) < 4.78 is 18.4. The van der Waals surface area contributed by atoms with Crippen LogP contribution in [0.25, 0.3) is 0 Å². The van der Waals surface area contributed by atoms with Crippen LogP contribution < -0.4 is 4.74 Å². The summed E-state index contributed by atoms with van der Waals surface area (Å²) in [5.74, 6) is 0.313. The first-order valence-corrected chi connectivity index (χ1v) is 6.91. The lowest BCUT2D eigenvalue weighted by molar-refractivity contribution is 0.0478. The number of nitrogens with zero attached hydrogens (tertiary/aromatic N) is 1. The molecular formula is C15H20FNO2. The van der Waals surface area contributed by atoms with Crippen LogP contribution in [0.5, 0.6) is 5.75 Å². The number of hydrogen-bond donors (Lipinski definition) is 1. The van der Waals surface area contributed by atoms with Gasteiger partial charge in [-0.3, -0.25) is 4.90 Å². The molecule has 104 valence electrons. The molecule has 2 fully saturated rings. The topological polar surface area (TPSA) is 32.7 Å². The molecular weight excluding hydrogens is 245 g/mol. The lowest BCUT2D eigenvalue weighted by atomic mass is 10.1. The van der Waals surface area contributed by atoms with E-state index in [2.05, 4.69) is 4.90 Å². The summed E-state index contributed by atoms with van der Waals surface area (Å²) in [5, 5.41) is 10.3. The number of hydrogen-bond acceptors (Lipinski definition) is 3. The monoisotopic (exact) mass is 265 g/mol. The maximum Gasteiger partial charge on any atom is 0.126 e. The predicted octanol–water partition coefficient (Wildman–Crippen LogP) is 2.32. The third kappa shape index (κ3) is 2.47. The molecule has 1 aliphatic carbocycles. The molecule has 3 rings (SSSR count). The number of benzene rings is 1. The zero-order chi connectivity index (χ0) is 13.5. The number of likely N-dealkylation sites (tertiary alicyclic amines) is 1. The second kappa shape index (κ2) is 4.76. The Morgan fingerprint density at radius 1 is 1.47 bits per heavy atom. The van der Waals surface area contributed by atoms with Crippen LogP contribution in [0.3, 0.4) is 0 Å². The standard InChI is InChI=1S/C15H20FNO2/c1-19-13-9-12(16)5-4-11(13)10-17-8-2-3-14(17)15(18)6-7-15/h4-5,9,14,18H,2-3,6-8,10H2,1H3. The van der Waals surface area contributed by atoms with Crippen LogP contribution in [0.4, 0.5) is 4.39 Å². The summed E-state index contributed by atoms with van der Waals surface area (Å²) in [6, 6.07) is 4.92. The maximum absolute atomic E-state index is 13.2. The molecule has 1 N–H and O–H groups in total. The highest BCUT2D eigenvalue weighted by molar-refractivity contribution is 5.34. The van der Waals surface area contributed by atoms with Gasteiger partial charge in [0.25, 0.3) is 0 Å². The molecule has 0 radical (unpaired) electrons. The highest BCUT2D eigenvalue weighted by Gasteiger charge is 2.51. The van der Waals surface area contributed by atoms with E-state index in [1.54, 1.807) is 13.2 Å². The van der Waals surface area contributed by atoms with Crippen molar-refractivity contribution >= 4 is 0 Å². The van der Waals surface area contributed by atoms with Crippen molar-refractivity contribution < 1.29 is 14.2 Å². The van der Waals surface area contributed by atoms with E-state index in [1.165, 1.54) is 12.1 Å². The first-order valence-electron chi connectivity index (χ1n) is 6.91. The van der Waals surface area contributed by atoms with Crippen LogP contribution in [0.15, 0.2) is 18.2 Å².